The zero-order chi connectivity index (χ0) is 23.7. The number of hydrogen-bond acceptors (Lipinski definition) is 3. The number of carbonyl (C=O) groups is 2. The van der Waals surface area contributed by atoms with Crippen LogP contribution in [-0.4, -0.2) is 18.4 Å². The van der Waals surface area contributed by atoms with E-state index in [-0.39, 0.29) is 24.2 Å². The highest BCUT2D eigenvalue weighted by atomic mass is 16.5. The van der Waals surface area contributed by atoms with Crippen molar-refractivity contribution < 1.29 is 14.3 Å². The number of amides is 2. The minimum absolute atomic E-state index is 0.0257. The summed E-state index contributed by atoms with van der Waals surface area (Å²) in [6.07, 6.45) is 0.209. The lowest BCUT2D eigenvalue weighted by atomic mass is 10.1. The minimum atomic E-state index is -0.388. The van der Waals surface area contributed by atoms with Crippen molar-refractivity contribution in [3.05, 3.63) is 96.1 Å². The summed E-state index contributed by atoms with van der Waals surface area (Å²) in [6, 6.07) is 27.3. The van der Waals surface area contributed by atoms with Gasteiger partial charge in [-0.3, -0.25) is 9.59 Å². The number of fused-ring (bicyclic) bond motifs is 1. The van der Waals surface area contributed by atoms with Crippen LogP contribution in [0.4, 0.5) is 11.4 Å². The summed E-state index contributed by atoms with van der Waals surface area (Å²) >= 11 is 0. The first kappa shape index (κ1) is 21.7. The van der Waals surface area contributed by atoms with Gasteiger partial charge in [-0.25, -0.2) is 0 Å². The molecule has 5 nitrogen and oxygen atoms in total. The van der Waals surface area contributed by atoms with E-state index in [1.807, 2.05) is 86.6 Å². The molecule has 1 aliphatic heterocycles. The summed E-state index contributed by atoms with van der Waals surface area (Å²) < 4.78 is 6.08. The topological polar surface area (TPSA) is 58.6 Å². The number of anilines is 2. The van der Waals surface area contributed by atoms with E-state index >= 15 is 0 Å². The van der Waals surface area contributed by atoms with E-state index in [1.54, 1.807) is 4.90 Å². The highest BCUT2D eigenvalue weighted by molar-refractivity contribution is 6.03. The van der Waals surface area contributed by atoms with Crippen LogP contribution in [0.3, 0.4) is 0 Å². The van der Waals surface area contributed by atoms with Crippen LogP contribution in [0.5, 0.6) is 11.5 Å². The molecule has 5 rings (SSSR count). The fourth-order valence-corrected chi connectivity index (χ4v) is 4.29. The fourth-order valence-electron chi connectivity index (χ4n) is 4.29. The lowest BCUT2D eigenvalue weighted by molar-refractivity contribution is -0.122. The fraction of sp³-hybridized carbons (Fsp3) is 0.172. The summed E-state index contributed by atoms with van der Waals surface area (Å²) in [5.41, 5.74) is 3.83. The van der Waals surface area contributed by atoms with E-state index in [9.17, 15) is 9.59 Å². The Labute approximate surface area is 199 Å². The van der Waals surface area contributed by atoms with Crippen molar-refractivity contribution in [1.82, 2.24) is 0 Å². The Kier molecular flexibility index (Phi) is 5.76. The number of benzene rings is 4. The van der Waals surface area contributed by atoms with Crippen LogP contribution in [-0.2, 0) is 9.59 Å². The van der Waals surface area contributed by atoms with Gasteiger partial charge in [0.25, 0.3) is 0 Å². The maximum Gasteiger partial charge on any atom is 0.229 e. The summed E-state index contributed by atoms with van der Waals surface area (Å²) in [5, 5.41) is 5.10. The molecular formula is C29H26N2O3. The number of ether oxygens (including phenoxy) is 1. The monoisotopic (exact) mass is 450 g/mol. The largest absolute Gasteiger partial charge is 0.457 e. The number of nitrogens with zero attached hydrogens (tertiary/aromatic N) is 1. The van der Waals surface area contributed by atoms with E-state index in [1.165, 1.54) is 5.56 Å². The second-order valence-electron chi connectivity index (χ2n) is 8.77. The molecule has 0 aromatic heterocycles. The molecule has 1 N–H and O–H groups in total. The van der Waals surface area contributed by atoms with Gasteiger partial charge in [0.15, 0.2) is 0 Å². The number of nitrogens with one attached hydrogen (secondary N) is 1. The van der Waals surface area contributed by atoms with Crippen molar-refractivity contribution >= 4 is 34.0 Å². The van der Waals surface area contributed by atoms with E-state index in [4.69, 9.17) is 4.74 Å². The summed E-state index contributed by atoms with van der Waals surface area (Å²) in [6.45, 7) is 4.45. The first-order valence-electron chi connectivity index (χ1n) is 11.4. The molecule has 0 saturated carbocycles. The zero-order valence-corrected chi connectivity index (χ0v) is 19.2. The van der Waals surface area contributed by atoms with Gasteiger partial charge in [0.2, 0.25) is 11.8 Å². The van der Waals surface area contributed by atoms with E-state index in [2.05, 4.69) is 17.4 Å². The lowest BCUT2D eigenvalue weighted by Crippen LogP contribution is -2.28. The molecule has 1 atom stereocenters. The molecule has 1 fully saturated rings. The highest BCUT2D eigenvalue weighted by Gasteiger charge is 2.35. The van der Waals surface area contributed by atoms with Gasteiger partial charge in [0, 0.05) is 29.7 Å². The molecule has 5 heteroatoms. The Balaban J connectivity index is 1.24. The van der Waals surface area contributed by atoms with Crippen molar-refractivity contribution in [2.24, 2.45) is 5.92 Å². The van der Waals surface area contributed by atoms with Gasteiger partial charge in [0.05, 0.1) is 5.92 Å². The Bertz CT molecular complexity index is 1370. The molecule has 1 saturated heterocycles. The van der Waals surface area contributed by atoms with Crippen LogP contribution in [0.2, 0.25) is 0 Å². The highest BCUT2D eigenvalue weighted by Crippen LogP contribution is 2.31. The Morgan fingerprint density at radius 1 is 0.912 bits per heavy atom. The third-order valence-electron chi connectivity index (χ3n) is 6.40. The predicted octanol–water partition coefficient (Wildman–Crippen LogP) is 6.24. The average molecular weight is 451 g/mol. The van der Waals surface area contributed by atoms with Gasteiger partial charge >= 0.3 is 0 Å². The van der Waals surface area contributed by atoms with E-state index in [0.29, 0.717) is 18.0 Å². The third-order valence-corrected chi connectivity index (χ3v) is 6.40. The second-order valence-corrected chi connectivity index (χ2v) is 8.77. The van der Waals surface area contributed by atoms with Crippen LogP contribution < -0.4 is 15.0 Å². The average Bonchev–Trinajstić information content (AvgIpc) is 3.24. The van der Waals surface area contributed by atoms with Gasteiger partial charge in [-0.1, -0.05) is 42.5 Å². The summed E-state index contributed by atoms with van der Waals surface area (Å²) in [7, 11) is 0. The standard InChI is InChI=1S/C29H26N2O3/c1-19-10-13-24(16-20(19)2)31-18-22(17-28(31)32)29(33)30-23-11-14-25(15-12-23)34-27-9-5-7-21-6-3-4-8-26(21)27/h3-16,22H,17-18H2,1-2H3,(H,30,33)/t22-/m1/s1. The number of aryl methyl sites for hydroxylation is 2. The second kappa shape index (κ2) is 9.02. The molecule has 4 aromatic carbocycles. The molecular weight excluding hydrogens is 424 g/mol. The lowest BCUT2D eigenvalue weighted by Gasteiger charge is -2.18. The van der Waals surface area contributed by atoms with Crippen LogP contribution >= 0.6 is 0 Å². The third kappa shape index (κ3) is 4.37. The number of carbonyl (C=O) groups excluding carboxylic acids is 2. The quantitative estimate of drug-likeness (QED) is 0.391. The van der Waals surface area contributed by atoms with Crippen molar-refractivity contribution in [1.29, 1.82) is 0 Å². The SMILES string of the molecule is Cc1ccc(N2C[C@H](C(=O)Nc3ccc(Oc4cccc5ccccc45)cc3)CC2=O)cc1C. The molecule has 0 bridgehead atoms. The van der Waals surface area contributed by atoms with Crippen molar-refractivity contribution in [3.8, 4) is 11.5 Å². The first-order valence-corrected chi connectivity index (χ1v) is 11.4. The van der Waals surface area contributed by atoms with Gasteiger partial charge in [-0.05, 0) is 72.8 Å². The predicted molar refractivity (Wildman–Crippen MR) is 135 cm³/mol. The number of hydrogen-bond donors (Lipinski definition) is 1. The van der Waals surface area contributed by atoms with Gasteiger partial charge in [-0.2, -0.15) is 0 Å². The zero-order valence-electron chi connectivity index (χ0n) is 19.2. The van der Waals surface area contributed by atoms with Crippen LogP contribution in [0.1, 0.15) is 17.5 Å². The van der Waals surface area contributed by atoms with Crippen LogP contribution in [0.25, 0.3) is 10.8 Å². The Morgan fingerprint density at radius 2 is 1.68 bits per heavy atom. The van der Waals surface area contributed by atoms with Crippen LogP contribution in [0, 0.1) is 19.8 Å². The summed E-state index contributed by atoms with van der Waals surface area (Å²) in [5.74, 6) is 0.905. The maximum absolute atomic E-state index is 12.9. The molecule has 170 valence electrons. The van der Waals surface area contributed by atoms with E-state index < -0.39 is 0 Å². The summed E-state index contributed by atoms with van der Waals surface area (Å²) in [4.78, 5) is 27.1. The molecule has 1 heterocycles. The van der Waals surface area contributed by atoms with Crippen molar-refractivity contribution in [2.75, 3.05) is 16.8 Å². The molecule has 4 aromatic rings. The molecule has 0 unspecified atom stereocenters. The Morgan fingerprint density at radius 3 is 2.47 bits per heavy atom. The number of rotatable bonds is 5. The molecule has 34 heavy (non-hydrogen) atoms. The molecule has 0 spiro atoms. The smallest absolute Gasteiger partial charge is 0.229 e. The van der Waals surface area contributed by atoms with Crippen molar-refractivity contribution in [2.45, 2.75) is 20.3 Å². The minimum Gasteiger partial charge on any atom is -0.457 e. The first-order chi connectivity index (χ1) is 16.5. The van der Waals surface area contributed by atoms with Gasteiger partial charge in [0.1, 0.15) is 11.5 Å². The maximum atomic E-state index is 12.9. The van der Waals surface area contributed by atoms with E-state index in [0.717, 1.165) is 27.8 Å². The van der Waals surface area contributed by atoms with Gasteiger partial charge in [-0.15, -0.1) is 0 Å². The van der Waals surface area contributed by atoms with Crippen molar-refractivity contribution in [3.63, 3.8) is 0 Å². The normalized spacial score (nSPS) is 15.5. The molecule has 0 radical (unpaired) electrons. The Hall–Kier alpha value is -4.12. The molecule has 2 amide bonds. The molecule has 0 aliphatic carbocycles. The van der Waals surface area contributed by atoms with Crippen LogP contribution in [0.15, 0.2) is 84.9 Å². The van der Waals surface area contributed by atoms with Gasteiger partial charge < -0.3 is 15.0 Å². The molecule has 1 aliphatic rings.